The van der Waals surface area contributed by atoms with Crippen molar-refractivity contribution in [1.29, 1.82) is 0 Å². The number of anilines is 2. The van der Waals surface area contributed by atoms with Gasteiger partial charge >= 0.3 is 0 Å². The van der Waals surface area contributed by atoms with Crippen LogP contribution in [0.4, 0.5) is 11.8 Å². The minimum Gasteiger partial charge on any atom is -0.370 e. The van der Waals surface area contributed by atoms with Crippen molar-refractivity contribution in [2.75, 3.05) is 23.7 Å². The van der Waals surface area contributed by atoms with E-state index in [1.54, 1.807) is 0 Å². The van der Waals surface area contributed by atoms with Crippen LogP contribution in [0.1, 0.15) is 16.8 Å². The minimum atomic E-state index is 0.654. The zero-order chi connectivity index (χ0) is 18.2. The second-order valence-electron chi connectivity index (χ2n) is 6.18. The fourth-order valence-corrected chi connectivity index (χ4v) is 2.81. The second kappa shape index (κ2) is 9.20. The summed E-state index contributed by atoms with van der Waals surface area (Å²) in [6.45, 7) is 3.59. The lowest BCUT2D eigenvalue weighted by Gasteiger charge is -2.10. The molecule has 26 heavy (non-hydrogen) atoms. The van der Waals surface area contributed by atoms with Crippen molar-refractivity contribution in [1.82, 2.24) is 9.97 Å². The van der Waals surface area contributed by atoms with Crippen LogP contribution in [0.5, 0.6) is 0 Å². The van der Waals surface area contributed by atoms with E-state index in [-0.39, 0.29) is 0 Å². The van der Waals surface area contributed by atoms with E-state index in [2.05, 4.69) is 44.9 Å². The highest BCUT2D eigenvalue weighted by molar-refractivity contribution is 6.30. The van der Waals surface area contributed by atoms with Gasteiger partial charge in [0, 0.05) is 29.9 Å². The molecule has 5 heteroatoms. The van der Waals surface area contributed by atoms with Crippen molar-refractivity contribution in [3.8, 4) is 0 Å². The molecule has 2 N–H and O–H groups in total. The zero-order valence-corrected chi connectivity index (χ0v) is 15.6. The molecule has 0 spiro atoms. The van der Waals surface area contributed by atoms with Gasteiger partial charge in [0.15, 0.2) is 0 Å². The summed E-state index contributed by atoms with van der Waals surface area (Å²) >= 11 is 5.91. The molecule has 0 fully saturated rings. The molecule has 0 unspecified atom stereocenters. The van der Waals surface area contributed by atoms with E-state index in [4.69, 9.17) is 11.6 Å². The lowest BCUT2D eigenvalue weighted by molar-refractivity contribution is 0.961. The zero-order valence-electron chi connectivity index (χ0n) is 14.9. The third kappa shape index (κ3) is 5.74. The molecule has 0 aliphatic heterocycles. The first-order valence-corrected chi connectivity index (χ1v) is 9.18. The summed E-state index contributed by atoms with van der Waals surface area (Å²) in [5.74, 6) is 1.50. The highest BCUT2D eigenvalue weighted by Crippen LogP contribution is 2.12. The van der Waals surface area contributed by atoms with Crippen molar-refractivity contribution >= 4 is 23.4 Å². The molecule has 2 aromatic carbocycles. The number of benzene rings is 2. The monoisotopic (exact) mass is 366 g/mol. The average molecular weight is 367 g/mol. The van der Waals surface area contributed by atoms with Gasteiger partial charge in [0.1, 0.15) is 5.82 Å². The van der Waals surface area contributed by atoms with Gasteiger partial charge in [-0.25, -0.2) is 4.98 Å². The van der Waals surface area contributed by atoms with Gasteiger partial charge in [0.05, 0.1) is 0 Å². The van der Waals surface area contributed by atoms with Crippen LogP contribution < -0.4 is 10.6 Å². The molecule has 0 bridgehead atoms. The van der Waals surface area contributed by atoms with Crippen molar-refractivity contribution in [3.05, 3.63) is 82.5 Å². The van der Waals surface area contributed by atoms with E-state index in [0.717, 1.165) is 42.5 Å². The molecule has 3 aromatic rings. The number of rotatable bonds is 8. The predicted molar refractivity (Wildman–Crippen MR) is 109 cm³/mol. The molecule has 0 radical (unpaired) electrons. The molecule has 0 saturated heterocycles. The van der Waals surface area contributed by atoms with Crippen LogP contribution >= 0.6 is 11.6 Å². The van der Waals surface area contributed by atoms with Gasteiger partial charge in [-0.1, -0.05) is 54.1 Å². The van der Waals surface area contributed by atoms with Gasteiger partial charge in [-0.3, -0.25) is 0 Å². The summed E-state index contributed by atoms with van der Waals surface area (Å²) in [4.78, 5) is 9.02. The van der Waals surface area contributed by atoms with Crippen LogP contribution in [0, 0.1) is 6.92 Å². The summed E-state index contributed by atoms with van der Waals surface area (Å²) in [6, 6.07) is 20.3. The van der Waals surface area contributed by atoms with Gasteiger partial charge < -0.3 is 10.6 Å². The first-order valence-electron chi connectivity index (χ1n) is 8.81. The highest BCUT2D eigenvalue weighted by atomic mass is 35.5. The molecule has 0 atom stereocenters. The summed E-state index contributed by atoms with van der Waals surface area (Å²) in [6.07, 6.45) is 1.86. The topological polar surface area (TPSA) is 49.8 Å². The molecule has 0 aliphatic carbocycles. The van der Waals surface area contributed by atoms with Gasteiger partial charge in [0.2, 0.25) is 5.95 Å². The molecular formula is C21H23ClN4. The van der Waals surface area contributed by atoms with Crippen molar-refractivity contribution in [2.24, 2.45) is 0 Å². The van der Waals surface area contributed by atoms with E-state index in [0.29, 0.717) is 5.95 Å². The highest BCUT2D eigenvalue weighted by Gasteiger charge is 2.02. The first kappa shape index (κ1) is 18.2. The van der Waals surface area contributed by atoms with Gasteiger partial charge in [-0.2, -0.15) is 4.98 Å². The molecule has 0 amide bonds. The first-order chi connectivity index (χ1) is 12.7. The lowest BCUT2D eigenvalue weighted by Crippen LogP contribution is -2.11. The van der Waals surface area contributed by atoms with E-state index in [9.17, 15) is 0 Å². The quantitative estimate of drug-likeness (QED) is 0.604. The SMILES string of the molecule is Cc1cc(NCCc2ccccc2)nc(NCCc2ccc(Cl)cc2)n1. The number of aryl methyl sites for hydroxylation is 1. The number of nitrogens with one attached hydrogen (secondary N) is 2. The van der Waals surface area contributed by atoms with Crippen molar-refractivity contribution in [2.45, 2.75) is 19.8 Å². The lowest BCUT2D eigenvalue weighted by atomic mass is 10.1. The van der Waals surface area contributed by atoms with Crippen LogP contribution in [-0.2, 0) is 12.8 Å². The van der Waals surface area contributed by atoms with Gasteiger partial charge in [-0.05, 0) is 43.0 Å². The fourth-order valence-electron chi connectivity index (χ4n) is 2.69. The van der Waals surface area contributed by atoms with E-state index >= 15 is 0 Å². The average Bonchev–Trinajstić information content (AvgIpc) is 2.64. The Morgan fingerprint density at radius 1 is 0.808 bits per heavy atom. The Morgan fingerprint density at radius 2 is 1.46 bits per heavy atom. The standard InChI is InChI=1S/C21H23ClN4/c1-16-15-20(23-13-11-17-5-3-2-4-6-17)26-21(25-16)24-14-12-18-7-9-19(22)10-8-18/h2-10,15H,11-14H2,1H3,(H2,23,24,25,26). The molecule has 1 heterocycles. The third-order valence-electron chi connectivity index (χ3n) is 4.03. The Bertz CT molecular complexity index is 819. The molecule has 3 rings (SSSR count). The number of nitrogens with zero attached hydrogens (tertiary/aromatic N) is 2. The molecule has 134 valence electrons. The van der Waals surface area contributed by atoms with E-state index in [1.807, 2.05) is 43.3 Å². The van der Waals surface area contributed by atoms with Crippen LogP contribution in [0.3, 0.4) is 0 Å². The minimum absolute atomic E-state index is 0.654. The largest absolute Gasteiger partial charge is 0.370 e. The van der Waals surface area contributed by atoms with E-state index in [1.165, 1.54) is 11.1 Å². The molecule has 0 saturated carbocycles. The summed E-state index contributed by atoms with van der Waals surface area (Å²) in [5, 5.41) is 7.44. The second-order valence-corrected chi connectivity index (χ2v) is 6.62. The maximum absolute atomic E-state index is 5.91. The maximum atomic E-state index is 5.91. The number of halogens is 1. The number of hydrogen-bond donors (Lipinski definition) is 2. The molecule has 0 aliphatic rings. The van der Waals surface area contributed by atoms with Crippen LogP contribution in [0.2, 0.25) is 5.02 Å². The summed E-state index contributed by atoms with van der Waals surface area (Å²) in [5.41, 5.74) is 3.49. The van der Waals surface area contributed by atoms with Gasteiger partial charge in [0.25, 0.3) is 0 Å². The van der Waals surface area contributed by atoms with Crippen LogP contribution in [0.15, 0.2) is 60.7 Å². The Kier molecular flexibility index (Phi) is 6.45. The Hall–Kier alpha value is -2.59. The predicted octanol–water partition coefficient (Wildman–Crippen LogP) is 4.75. The van der Waals surface area contributed by atoms with Crippen LogP contribution in [-0.4, -0.2) is 23.1 Å². The number of aromatic nitrogens is 2. The summed E-state index contributed by atoms with van der Waals surface area (Å²) < 4.78 is 0. The smallest absolute Gasteiger partial charge is 0.224 e. The van der Waals surface area contributed by atoms with Crippen LogP contribution in [0.25, 0.3) is 0 Å². The fraction of sp³-hybridized carbons (Fsp3) is 0.238. The Morgan fingerprint density at radius 3 is 2.19 bits per heavy atom. The Balaban J connectivity index is 1.51. The van der Waals surface area contributed by atoms with Crippen molar-refractivity contribution < 1.29 is 0 Å². The maximum Gasteiger partial charge on any atom is 0.224 e. The molecular weight excluding hydrogens is 344 g/mol. The summed E-state index contributed by atoms with van der Waals surface area (Å²) in [7, 11) is 0. The molecule has 1 aromatic heterocycles. The number of hydrogen-bond acceptors (Lipinski definition) is 4. The van der Waals surface area contributed by atoms with Gasteiger partial charge in [-0.15, -0.1) is 0 Å². The normalized spacial score (nSPS) is 10.5. The van der Waals surface area contributed by atoms with Crippen molar-refractivity contribution in [3.63, 3.8) is 0 Å². The Labute approximate surface area is 159 Å². The third-order valence-corrected chi connectivity index (χ3v) is 4.28. The molecule has 4 nitrogen and oxygen atoms in total. The van der Waals surface area contributed by atoms with E-state index < -0.39 is 0 Å².